The lowest BCUT2D eigenvalue weighted by Gasteiger charge is -2.51. The van der Waals surface area contributed by atoms with Gasteiger partial charge in [-0.05, 0) is 73.7 Å². The van der Waals surface area contributed by atoms with E-state index in [1.807, 2.05) is 50.2 Å². The van der Waals surface area contributed by atoms with Gasteiger partial charge < -0.3 is 24.3 Å². The number of nitrogens with zero attached hydrogens (tertiary/aromatic N) is 2. The van der Waals surface area contributed by atoms with Gasteiger partial charge in [0.25, 0.3) is 5.91 Å². The van der Waals surface area contributed by atoms with Gasteiger partial charge in [-0.25, -0.2) is 4.39 Å². The van der Waals surface area contributed by atoms with Crippen molar-refractivity contribution in [2.24, 2.45) is 0 Å². The summed E-state index contributed by atoms with van der Waals surface area (Å²) in [7, 11) is 0. The van der Waals surface area contributed by atoms with Gasteiger partial charge in [-0.1, -0.05) is 43.3 Å². The van der Waals surface area contributed by atoms with Crippen molar-refractivity contribution in [3.05, 3.63) is 94.9 Å². The molecule has 3 aromatic carbocycles. The summed E-state index contributed by atoms with van der Waals surface area (Å²) in [5.41, 5.74) is 3.41. The number of carbonyl (C=O) groups excluding carboxylic acids is 2. The van der Waals surface area contributed by atoms with Crippen molar-refractivity contribution < 1.29 is 23.5 Å². The molecule has 1 saturated heterocycles. The minimum absolute atomic E-state index is 0.00584. The Balaban J connectivity index is 1.41. The monoisotopic (exact) mass is 569 g/mol. The number of ether oxygens (including phenoxy) is 2. The molecule has 8 heteroatoms. The van der Waals surface area contributed by atoms with Gasteiger partial charge in [0, 0.05) is 29.9 Å². The van der Waals surface area contributed by atoms with Crippen molar-refractivity contribution in [3.63, 3.8) is 0 Å². The standard InChI is InChI=1S/C34H36FN3O4/c1-4-18-42-28-15-12-23(19-29(28)41-5-2)26-20-38-30(39)21-37(17-16-22-10-13-24(35)14-11-22)33(40)34(38,3)32-31(26)25-8-6-7-9-27(25)36-32/h6-15,19,26,36H,4-5,16-18,20-21H2,1-3H3/t26-,34-/m0/s1. The summed E-state index contributed by atoms with van der Waals surface area (Å²) in [5.74, 6) is 0.679. The molecule has 0 spiro atoms. The molecule has 42 heavy (non-hydrogen) atoms. The largest absolute Gasteiger partial charge is 0.490 e. The van der Waals surface area contributed by atoms with Gasteiger partial charge >= 0.3 is 0 Å². The van der Waals surface area contributed by atoms with E-state index < -0.39 is 5.54 Å². The normalized spacial score (nSPS) is 20.0. The quantitative estimate of drug-likeness (QED) is 0.278. The first-order valence-electron chi connectivity index (χ1n) is 14.7. The first-order valence-corrected chi connectivity index (χ1v) is 14.7. The van der Waals surface area contributed by atoms with E-state index in [1.54, 1.807) is 21.9 Å². The maximum Gasteiger partial charge on any atom is 0.254 e. The van der Waals surface area contributed by atoms with Crippen LogP contribution < -0.4 is 9.47 Å². The maximum absolute atomic E-state index is 14.3. The number of aromatic nitrogens is 1. The molecule has 1 fully saturated rings. The van der Waals surface area contributed by atoms with Crippen LogP contribution in [-0.4, -0.2) is 59.4 Å². The summed E-state index contributed by atoms with van der Waals surface area (Å²) in [6, 6.07) is 20.3. The van der Waals surface area contributed by atoms with E-state index in [9.17, 15) is 14.0 Å². The Morgan fingerprint density at radius 3 is 2.55 bits per heavy atom. The average Bonchev–Trinajstić information content (AvgIpc) is 3.39. The van der Waals surface area contributed by atoms with E-state index in [0.29, 0.717) is 44.2 Å². The SMILES string of the molecule is CCCOc1ccc([C@@H]2CN3C(=O)CN(CCc4ccc(F)cc4)C(=O)[C@]3(C)c3[nH]c4ccccc4c32)cc1OCC. The molecule has 2 atom stereocenters. The molecule has 3 heterocycles. The highest BCUT2D eigenvalue weighted by molar-refractivity contribution is 6.01. The Hall–Kier alpha value is -4.33. The summed E-state index contributed by atoms with van der Waals surface area (Å²) < 4.78 is 25.3. The van der Waals surface area contributed by atoms with Crippen LogP contribution in [-0.2, 0) is 21.5 Å². The van der Waals surface area contributed by atoms with Gasteiger partial charge in [-0.15, -0.1) is 0 Å². The number of hydrogen-bond donors (Lipinski definition) is 1. The number of para-hydroxylation sites is 1. The summed E-state index contributed by atoms with van der Waals surface area (Å²) in [6.07, 6.45) is 1.42. The molecule has 6 rings (SSSR count). The van der Waals surface area contributed by atoms with Crippen molar-refractivity contribution in [1.82, 2.24) is 14.8 Å². The van der Waals surface area contributed by atoms with Gasteiger partial charge in [0.05, 0.1) is 25.5 Å². The second-order valence-corrected chi connectivity index (χ2v) is 11.2. The molecular weight excluding hydrogens is 533 g/mol. The van der Waals surface area contributed by atoms with Crippen molar-refractivity contribution in [2.45, 2.75) is 45.1 Å². The zero-order valence-electron chi connectivity index (χ0n) is 24.3. The Morgan fingerprint density at radius 2 is 1.79 bits per heavy atom. The fraction of sp³-hybridized carbons (Fsp3) is 0.353. The van der Waals surface area contributed by atoms with Crippen LogP contribution in [0.25, 0.3) is 10.9 Å². The van der Waals surface area contributed by atoms with Crippen LogP contribution in [0.5, 0.6) is 11.5 Å². The number of halogens is 1. The molecule has 2 aliphatic rings. The lowest BCUT2D eigenvalue weighted by molar-refractivity contribution is -0.166. The third kappa shape index (κ3) is 4.68. The Kier molecular flexibility index (Phi) is 7.39. The van der Waals surface area contributed by atoms with Crippen molar-refractivity contribution in [2.75, 3.05) is 32.8 Å². The van der Waals surface area contributed by atoms with Gasteiger partial charge in [-0.3, -0.25) is 9.59 Å². The second kappa shape index (κ2) is 11.2. The highest BCUT2D eigenvalue weighted by Crippen LogP contribution is 2.49. The number of fused-ring (bicyclic) bond motifs is 5. The number of hydrogen-bond acceptors (Lipinski definition) is 4. The third-order valence-electron chi connectivity index (χ3n) is 8.53. The summed E-state index contributed by atoms with van der Waals surface area (Å²) in [4.78, 5) is 35.0. The number of aromatic amines is 1. The fourth-order valence-electron chi connectivity index (χ4n) is 6.41. The topological polar surface area (TPSA) is 74.9 Å². The smallest absolute Gasteiger partial charge is 0.254 e. The Morgan fingerprint density at radius 1 is 1.00 bits per heavy atom. The van der Waals surface area contributed by atoms with E-state index in [0.717, 1.165) is 39.7 Å². The number of rotatable bonds is 9. The first kappa shape index (κ1) is 27.8. The molecule has 0 unspecified atom stereocenters. The third-order valence-corrected chi connectivity index (χ3v) is 8.53. The number of nitrogens with one attached hydrogen (secondary N) is 1. The molecule has 2 amide bonds. The van der Waals surface area contributed by atoms with E-state index in [4.69, 9.17) is 9.47 Å². The van der Waals surface area contributed by atoms with Crippen LogP contribution in [0.15, 0.2) is 66.7 Å². The molecule has 0 saturated carbocycles. The minimum atomic E-state index is -1.18. The van der Waals surface area contributed by atoms with Crippen LogP contribution in [0, 0.1) is 5.82 Å². The fourth-order valence-corrected chi connectivity index (χ4v) is 6.41. The second-order valence-electron chi connectivity index (χ2n) is 11.2. The lowest BCUT2D eigenvalue weighted by Crippen LogP contribution is -2.67. The number of benzene rings is 3. The summed E-state index contributed by atoms with van der Waals surface area (Å²) in [5, 5.41) is 1.03. The zero-order chi connectivity index (χ0) is 29.4. The number of piperazine rings is 1. The van der Waals surface area contributed by atoms with E-state index in [-0.39, 0.29) is 30.1 Å². The van der Waals surface area contributed by atoms with Crippen LogP contribution in [0.4, 0.5) is 4.39 Å². The van der Waals surface area contributed by atoms with Crippen LogP contribution in [0.2, 0.25) is 0 Å². The van der Waals surface area contributed by atoms with Crippen molar-refractivity contribution in [3.8, 4) is 11.5 Å². The van der Waals surface area contributed by atoms with Crippen LogP contribution in [0.1, 0.15) is 55.5 Å². The Labute approximate surface area is 245 Å². The summed E-state index contributed by atoms with van der Waals surface area (Å²) in [6.45, 7) is 7.70. The van der Waals surface area contributed by atoms with E-state index in [2.05, 4.69) is 18.0 Å². The average molecular weight is 570 g/mol. The number of H-pyrrole nitrogens is 1. The lowest BCUT2D eigenvalue weighted by atomic mass is 9.76. The van der Waals surface area contributed by atoms with Crippen LogP contribution >= 0.6 is 0 Å². The molecule has 0 bridgehead atoms. The van der Waals surface area contributed by atoms with Crippen molar-refractivity contribution in [1.29, 1.82) is 0 Å². The predicted octanol–water partition coefficient (Wildman–Crippen LogP) is 5.77. The molecule has 7 nitrogen and oxygen atoms in total. The maximum atomic E-state index is 14.3. The first-order chi connectivity index (χ1) is 20.3. The van der Waals surface area contributed by atoms with Gasteiger partial charge in [0.15, 0.2) is 17.0 Å². The molecular formula is C34H36FN3O4. The molecule has 4 aromatic rings. The zero-order valence-corrected chi connectivity index (χ0v) is 24.3. The highest BCUT2D eigenvalue weighted by atomic mass is 19.1. The molecule has 218 valence electrons. The minimum Gasteiger partial charge on any atom is -0.490 e. The molecule has 0 aliphatic carbocycles. The molecule has 1 N–H and O–H groups in total. The highest BCUT2D eigenvalue weighted by Gasteiger charge is 2.56. The number of amides is 2. The molecule has 2 aliphatic heterocycles. The van der Waals surface area contributed by atoms with Crippen molar-refractivity contribution >= 4 is 22.7 Å². The van der Waals surface area contributed by atoms with Gasteiger partial charge in [0.1, 0.15) is 5.82 Å². The van der Waals surface area contributed by atoms with E-state index >= 15 is 0 Å². The van der Waals surface area contributed by atoms with Gasteiger partial charge in [-0.2, -0.15) is 0 Å². The van der Waals surface area contributed by atoms with E-state index in [1.165, 1.54) is 12.1 Å². The summed E-state index contributed by atoms with van der Waals surface area (Å²) >= 11 is 0. The Bertz CT molecular complexity index is 1630. The van der Waals surface area contributed by atoms with Gasteiger partial charge in [0.2, 0.25) is 5.91 Å². The molecule has 0 radical (unpaired) electrons. The molecule has 1 aromatic heterocycles. The number of carbonyl (C=O) groups is 2. The predicted molar refractivity (Wildman–Crippen MR) is 159 cm³/mol. The van der Waals surface area contributed by atoms with Crippen LogP contribution in [0.3, 0.4) is 0 Å².